The zero-order valence-electron chi connectivity index (χ0n) is 12.7. The Hall–Kier alpha value is -1.39. The van der Waals surface area contributed by atoms with Crippen LogP contribution in [0, 0.1) is 11.3 Å². The van der Waals surface area contributed by atoms with Gasteiger partial charge in [0.25, 0.3) is 0 Å². The number of hydrogen-bond acceptors (Lipinski definition) is 4. The molecule has 0 spiro atoms. The van der Waals surface area contributed by atoms with Crippen molar-refractivity contribution in [3.05, 3.63) is 11.7 Å². The van der Waals surface area contributed by atoms with E-state index < -0.39 is 11.4 Å². The summed E-state index contributed by atoms with van der Waals surface area (Å²) in [5.41, 5.74) is -0.675. The minimum absolute atomic E-state index is 0.388. The fourth-order valence-electron chi connectivity index (χ4n) is 3.99. The van der Waals surface area contributed by atoms with E-state index in [0.717, 1.165) is 50.3 Å². The molecule has 0 aliphatic heterocycles. The summed E-state index contributed by atoms with van der Waals surface area (Å²) in [6, 6.07) is 0. The Labute approximate surface area is 125 Å². The SMILES string of the molecule is CCC1CCC(c2noc(CC3(C(=O)O)CCCC3)n2)C1. The molecular formula is C16H24N2O3. The first-order chi connectivity index (χ1) is 10.1. The number of aromatic nitrogens is 2. The van der Waals surface area contributed by atoms with Crippen molar-refractivity contribution in [1.82, 2.24) is 10.1 Å². The molecule has 2 aliphatic rings. The largest absolute Gasteiger partial charge is 0.481 e. The van der Waals surface area contributed by atoms with Crippen LogP contribution >= 0.6 is 0 Å². The van der Waals surface area contributed by atoms with Crippen molar-refractivity contribution < 1.29 is 14.4 Å². The minimum atomic E-state index is -0.716. The van der Waals surface area contributed by atoms with Gasteiger partial charge in [-0.15, -0.1) is 0 Å². The topological polar surface area (TPSA) is 76.2 Å². The smallest absolute Gasteiger partial charge is 0.310 e. The van der Waals surface area contributed by atoms with Crippen molar-refractivity contribution in [1.29, 1.82) is 0 Å². The Bertz CT molecular complexity index is 505. The van der Waals surface area contributed by atoms with Gasteiger partial charge >= 0.3 is 5.97 Å². The molecule has 2 atom stereocenters. The summed E-state index contributed by atoms with van der Waals surface area (Å²) < 4.78 is 5.36. The zero-order chi connectivity index (χ0) is 14.9. The molecule has 0 radical (unpaired) electrons. The van der Waals surface area contributed by atoms with Crippen LogP contribution in [0.4, 0.5) is 0 Å². The number of carboxylic acids is 1. The van der Waals surface area contributed by atoms with Crippen LogP contribution in [0.15, 0.2) is 4.52 Å². The van der Waals surface area contributed by atoms with Gasteiger partial charge in [-0.25, -0.2) is 0 Å². The van der Waals surface area contributed by atoms with E-state index in [4.69, 9.17) is 4.52 Å². The van der Waals surface area contributed by atoms with Crippen LogP contribution in [0.1, 0.15) is 75.9 Å². The summed E-state index contributed by atoms with van der Waals surface area (Å²) in [5, 5.41) is 13.6. The van der Waals surface area contributed by atoms with Crippen LogP contribution < -0.4 is 0 Å². The maximum atomic E-state index is 11.6. The van der Waals surface area contributed by atoms with E-state index in [2.05, 4.69) is 17.1 Å². The monoisotopic (exact) mass is 292 g/mol. The highest BCUT2D eigenvalue weighted by atomic mass is 16.5. The number of hydrogen-bond donors (Lipinski definition) is 1. The van der Waals surface area contributed by atoms with Crippen LogP contribution in [0.25, 0.3) is 0 Å². The third kappa shape index (κ3) is 2.83. The molecule has 2 saturated carbocycles. The second kappa shape index (κ2) is 5.78. The molecule has 0 amide bonds. The molecule has 0 saturated heterocycles. The Morgan fingerprint density at radius 2 is 2.14 bits per heavy atom. The summed E-state index contributed by atoms with van der Waals surface area (Å²) in [6.07, 6.45) is 8.51. The van der Waals surface area contributed by atoms with Gasteiger partial charge in [0.05, 0.1) is 5.41 Å². The fraction of sp³-hybridized carbons (Fsp3) is 0.812. The predicted octanol–water partition coefficient (Wildman–Crippen LogP) is 3.55. The number of aliphatic carboxylic acids is 1. The molecule has 1 heterocycles. The normalized spacial score (nSPS) is 28.0. The molecule has 1 aromatic heterocycles. The summed E-state index contributed by atoms with van der Waals surface area (Å²) in [7, 11) is 0. The van der Waals surface area contributed by atoms with Crippen LogP contribution in [0.2, 0.25) is 0 Å². The first-order valence-electron chi connectivity index (χ1n) is 8.19. The Balaban J connectivity index is 1.69. The maximum Gasteiger partial charge on any atom is 0.310 e. The Morgan fingerprint density at radius 3 is 2.76 bits per heavy atom. The van der Waals surface area contributed by atoms with Gasteiger partial charge in [0.1, 0.15) is 0 Å². The molecule has 0 aromatic carbocycles. The fourth-order valence-corrected chi connectivity index (χ4v) is 3.99. The molecule has 2 aliphatic carbocycles. The Morgan fingerprint density at radius 1 is 1.38 bits per heavy atom. The Kier molecular flexibility index (Phi) is 4.00. The third-order valence-corrected chi connectivity index (χ3v) is 5.47. The second-order valence-corrected chi connectivity index (χ2v) is 6.80. The molecule has 1 aromatic rings. The van der Waals surface area contributed by atoms with Gasteiger partial charge in [0.2, 0.25) is 5.89 Å². The van der Waals surface area contributed by atoms with Gasteiger partial charge in [-0.3, -0.25) is 4.79 Å². The highest BCUT2D eigenvalue weighted by Crippen LogP contribution is 2.42. The summed E-state index contributed by atoms with van der Waals surface area (Å²) >= 11 is 0. The van der Waals surface area contributed by atoms with E-state index in [1.807, 2.05) is 0 Å². The summed E-state index contributed by atoms with van der Waals surface area (Å²) in [4.78, 5) is 16.1. The molecule has 2 unspecified atom stereocenters. The van der Waals surface area contributed by atoms with Crippen LogP contribution in [0.3, 0.4) is 0 Å². The number of carbonyl (C=O) groups is 1. The van der Waals surface area contributed by atoms with Crippen molar-refractivity contribution >= 4 is 5.97 Å². The molecule has 3 rings (SSSR count). The first-order valence-corrected chi connectivity index (χ1v) is 8.19. The van der Waals surface area contributed by atoms with Crippen LogP contribution in [-0.4, -0.2) is 21.2 Å². The standard InChI is InChI=1S/C16H24N2O3/c1-2-11-5-6-12(9-11)14-17-13(21-18-14)10-16(15(19)20)7-3-4-8-16/h11-12H,2-10H2,1H3,(H,19,20). The maximum absolute atomic E-state index is 11.6. The lowest BCUT2D eigenvalue weighted by Gasteiger charge is -2.21. The average molecular weight is 292 g/mol. The van der Waals surface area contributed by atoms with Gasteiger partial charge < -0.3 is 9.63 Å². The van der Waals surface area contributed by atoms with Gasteiger partial charge in [-0.05, 0) is 38.0 Å². The minimum Gasteiger partial charge on any atom is -0.481 e. The average Bonchev–Trinajstić information content (AvgIpc) is 3.19. The van der Waals surface area contributed by atoms with E-state index in [1.165, 1.54) is 12.8 Å². The highest BCUT2D eigenvalue weighted by molar-refractivity contribution is 5.75. The van der Waals surface area contributed by atoms with Crippen molar-refractivity contribution in [2.45, 2.75) is 70.6 Å². The molecule has 116 valence electrons. The predicted molar refractivity (Wildman–Crippen MR) is 76.9 cm³/mol. The van der Waals surface area contributed by atoms with E-state index >= 15 is 0 Å². The zero-order valence-corrected chi connectivity index (χ0v) is 12.7. The summed E-state index contributed by atoms with van der Waals surface area (Å²) in [6.45, 7) is 2.23. The van der Waals surface area contributed by atoms with Crippen molar-refractivity contribution in [3.63, 3.8) is 0 Å². The van der Waals surface area contributed by atoms with E-state index in [1.54, 1.807) is 0 Å². The van der Waals surface area contributed by atoms with Gasteiger partial charge in [-0.1, -0.05) is 31.3 Å². The van der Waals surface area contributed by atoms with E-state index in [9.17, 15) is 9.90 Å². The molecule has 1 N–H and O–H groups in total. The number of nitrogens with zero attached hydrogens (tertiary/aromatic N) is 2. The highest BCUT2D eigenvalue weighted by Gasteiger charge is 2.43. The van der Waals surface area contributed by atoms with Crippen molar-refractivity contribution in [2.24, 2.45) is 11.3 Å². The quantitative estimate of drug-likeness (QED) is 0.898. The summed E-state index contributed by atoms with van der Waals surface area (Å²) in [5.74, 6) is 1.76. The van der Waals surface area contributed by atoms with E-state index in [-0.39, 0.29) is 0 Å². The number of carboxylic acid groups (broad SMARTS) is 1. The molecule has 2 fully saturated rings. The molecule has 5 nitrogen and oxygen atoms in total. The molecule has 5 heteroatoms. The van der Waals surface area contributed by atoms with E-state index in [0.29, 0.717) is 18.2 Å². The molecule has 21 heavy (non-hydrogen) atoms. The lowest BCUT2D eigenvalue weighted by atomic mass is 9.83. The second-order valence-electron chi connectivity index (χ2n) is 6.80. The molecule has 0 bridgehead atoms. The first kappa shape index (κ1) is 14.5. The number of rotatable bonds is 5. The van der Waals surface area contributed by atoms with Crippen molar-refractivity contribution in [2.75, 3.05) is 0 Å². The third-order valence-electron chi connectivity index (χ3n) is 5.47. The lowest BCUT2D eigenvalue weighted by Crippen LogP contribution is -2.30. The van der Waals surface area contributed by atoms with Gasteiger partial charge in [-0.2, -0.15) is 4.98 Å². The lowest BCUT2D eigenvalue weighted by molar-refractivity contribution is -0.148. The van der Waals surface area contributed by atoms with Gasteiger partial charge in [0, 0.05) is 12.3 Å². The molecular weight excluding hydrogens is 268 g/mol. The van der Waals surface area contributed by atoms with Crippen LogP contribution in [-0.2, 0) is 11.2 Å². The van der Waals surface area contributed by atoms with Crippen molar-refractivity contribution in [3.8, 4) is 0 Å². The van der Waals surface area contributed by atoms with Crippen LogP contribution in [0.5, 0.6) is 0 Å². The van der Waals surface area contributed by atoms with Gasteiger partial charge in [0.15, 0.2) is 5.82 Å².